The third kappa shape index (κ3) is 2.50. The smallest absolute Gasteiger partial charge is 0.404 e. The van der Waals surface area contributed by atoms with Crippen molar-refractivity contribution in [3.63, 3.8) is 0 Å². The molecule has 2 nitrogen and oxygen atoms in total. The van der Waals surface area contributed by atoms with Crippen LogP contribution in [-0.2, 0) is 0 Å². The van der Waals surface area contributed by atoms with Crippen molar-refractivity contribution in [3.8, 4) is 5.75 Å². The van der Waals surface area contributed by atoms with Crippen molar-refractivity contribution >= 4 is 21.6 Å². The average Bonchev–Trinajstić information content (AvgIpc) is 2.04. The van der Waals surface area contributed by atoms with Crippen LogP contribution in [0.1, 0.15) is 0 Å². The van der Waals surface area contributed by atoms with E-state index in [4.69, 9.17) is 5.73 Å². The molecule has 14 heavy (non-hydrogen) atoms. The van der Waals surface area contributed by atoms with Crippen LogP contribution >= 0.6 is 15.9 Å². The summed E-state index contributed by atoms with van der Waals surface area (Å²) in [6, 6.07) is 1.91. The number of halogens is 5. The molecule has 0 aliphatic heterocycles. The molecule has 0 saturated carbocycles. The molecule has 0 radical (unpaired) electrons. The zero-order chi connectivity index (χ0) is 10.9. The first kappa shape index (κ1) is 11.1. The van der Waals surface area contributed by atoms with E-state index in [1.54, 1.807) is 0 Å². The van der Waals surface area contributed by atoms with Gasteiger partial charge in [-0.15, -0.1) is 13.2 Å². The lowest BCUT2D eigenvalue weighted by molar-refractivity contribution is -0.275. The second-order valence-electron chi connectivity index (χ2n) is 2.33. The van der Waals surface area contributed by atoms with E-state index in [-0.39, 0.29) is 5.69 Å². The van der Waals surface area contributed by atoms with Crippen molar-refractivity contribution in [1.82, 2.24) is 0 Å². The van der Waals surface area contributed by atoms with Crippen molar-refractivity contribution in [2.75, 3.05) is 5.73 Å². The van der Waals surface area contributed by atoms with E-state index in [9.17, 15) is 17.6 Å². The van der Waals surface area contributed by atoms with E-state index >= 15 is 0 Å². The fraction of sp³-hybridized carbons (Fsp3) is 0.143. The van der Waals surface area contributed by atoms with Gasteiger partial charge in [0.1, 0.15) is 5.75 Å². The molecule has 0 saturated heterocycles. The zero-order valence-corrected chi connectivity index (χ0v) is 8.12. The molecule has 0 bridgehead atoms. The van der Waals surface area contributed by atoms with Crippen LogP contribution in [0.25, 0.3) is 0 Å². The second-order valence-corrected chi connectivity index (χ2v) is 3.12. The van der Waals surface area contributed by atoms with Crippen LogP contribution in [0.2, 0.25) is 0 Å². The minimum absolute atomic E-state index is 0.258. The van der Waals surface area contributed by atoms with Crippen molar-refractivity contribution < 1.29 is 22.3 Å². The Bertz CT molecular complexity index is 352. The van der Waals surface area contributed by atoms with Crippen LogP contribution in [0.15, 0.2) is 16.6 Å². The first-order valence-electron chi connectivity index (χ1n) is 3.30. The summed E-state index contributed by atoms with van der Waals surface area (Å²) < 4.78 is 51.3. The molecule has 0 heterocycles. The van der Waals surface area contributed by atoms with E-state index in [1.807, 2.05) is 0 Å². The van der Waals surface area contributed by atoms with Gasteiger partial charge in [-0.05, 0) is 28.1 Å². The molecule has 0 aromatic heterocycles. The monoisotopic (exact) mass is 273 g/mol. The number of nitrogen functional groups attached to an aromatic ring is 1. The van der Waals surface area contributed by atoms with Gasteiger partial charge in [0.25, 0.3) is 0 Å². The van der Waals surface area contributed by atoms with Crippen LogP contribution in [-0.4, -0.2) is 6.36 Å². The Kier molecular flexibility index (Phi) is 2.89. The number of alkyl halides is 3. The second kappa shape index (κ2) is 3.64. The summed E-state index contributed by atoms with van der Waals surface area (Å²) in [6.07, 6.45) is -4.86. The largest absolute Gasteiger partial charge is 0.573 e. The Balaban J connectivity index is 3.06. The SMILES string of the molecule is Nc1ccc(OC(F)(F)F)c(Br)c1F. The maximum atomic E-state index is 12.9. The Morgan fingerprint density at radius 1 is 1.29 bits per heavy atom. The topological polar surface area (TPSA) is 35.2 Å². The molecular formula is C7H4BrF4NO. The lowest BCUT2D eigenvalue weighted by atomic mass is 10.3. The Hall–Kier alpha value is -0.980. The number of hydrogen-bond donors (Lipinski definition) is 1. The highest BCUT2D eigenvalue weighted by atomic mass is 79.9. The van der Waals surface area contributed by atoms with Crippen LogP contribution in [0.4, 0.5) is 23.2 Å². The van der Waals surface area contributed by atoms with Crippen LogP contribution in [0.3, 0.4) is 0 Å². The molecule has 1 aromatic rings. The fourth-order valence-corrected chi connectivity index (χ4v) is 1.19. The van der Waals surface area contributed by atoms with Gasteiger partial charge in [-0.1, -0.05) is 0 Å². The number of anilines is 1. The molecule has 0 aliphatic carbocycles. The third-order valence-electron chi connectivity index (χ3n) is 1.30. The average molecular weight is 274 g/mol. The van der Waals surface area contributed by atoms with Gasteiger partial charge in [0, 0.05) is 0 Å². The van der Waals surface area contributed by atoms with Gasteiger partial charge >= 0.3 is 6.36 Å². The van der Waals surface area contributed by atoms with E-state index in [1.165, 1.54) is 0 Å². The lowest BCUT2D eigenvalue weighted by Gasteiger charge is -2.11. The maximum Gasteiger partial charge on any atom is 0.573 e. The Labute approximate surface area is 84.8 Å². The molecule has 0 fully saturated rings. The van der Waals surface area contributed by atoms with Crippen LogP contribution < -0.4 is 10.5 Å². The summed E-state index contributed by atoms with van der Waals surface area (Å²) in [6.45, 7) is 0. The molecule has 7 heteroatoms. The summed E-state index contributed by atoms with van der Waals surface area (Å²) in [5.41, 5.74) is 4.85. The third-order valence-corrected chi connectivity index (χ3v) is 2.04. The van der Waals surface area contributed by atoms with Crippen LogP contribution in [0.5, 0.6) is 5.75 Å². The number of benzene rings is 1. The first-order chi connectivity index (χ1) is 6.31. The van der Waals surface area contributed by atoms with Crippen molar-refractivity contribution in [2.45, 2.75) is 6.36 Å². The molecule has 1 aromatic carbocycles. The number of ether oxygens (including phenoxy) is 1. The number of hydrogen-bond acceptors (Lipinski definition) is 2. The summed E-state index contributed by atoms with van der Waals surface area (Å²) in [5.74, 6) is -1.64. The highest BCUT2D eigenvalue weighted by Gasteiger charge is 2.32. The van der Waals surface area contributed by atoms with Crippen molar-refractivity contribution in [3.05, 3.63) is 22.4 Å². The molecular weight excluding hydrogens is 270 g/mol. The van der Waals surface area contributed by atoms with E-state index in [0.29, 0.717) is 0 Å². The molecule has 0 amide bonds. The van der Waals surface area contributed by atoms with Gasteiger partial charge in [0.2, 0.25) is 0 Å². The highest BCUT2D eigenvalue weighted by Crippen LogP contribution is 2.34. The predicted molar refractivity (Wildman–Crippen MR) is 45.2 cm³/mol. The predicted octanol–water partition coefficient (Wildman–Crippen LogP) is 3.07. The van der Waals surface area contributed by atoms with Gasteiger partial charge in [-0.2, -0.15) is 0 Å². The Morgan fingerprint density at radius 3 is 2.36 bits per heavy atom. The first-order valence-corrected chi connectivity index (χ1v) is 4.10. The molecule has 1 rings (SSSR count). The van der Waals surface area contributed by atoms with Crippen LogP contribution in [0, 0.1) is 5.82 Å². The minimum atomic E-state index is -4.86. The lowest BCUT2D eigenvalue weighted by Crippen LogP contribution is -2.17. The maximum absolute atomic E-state index is 12.9. The highest BCUT2D eigenvalue weighted by molar-refractivity contribution is 9.10. The molecule has 0 unspecified atom stereocenters. The summed E-state index contributed by atoms with van der Waals surface area (Å²) >= 11 is 2.60. The normalized spacial score (nSPS) is 11.5. The summed E-state index contributed by atoms with van der Waals surface area (Å²) in [5, 5.41) is 0. The summed E-state index contributed by atoms with van der Waals surface area (Å²) in [4.78, 5) is 0. The number of rotatable bonds is 1. The van der Waals surface area contributed by atoms with E-state index < -0.39 is 22.4 Å². The number of nitrogens with two attached hydrogens (primary N) is 1. The summed E-state index contributed by atoms with van der Waals surface area (Å²) in [7, 11) is 0. The molecule has 2 N–H and O–H groups in total. The van der Waals surface area contributed by atoms with E-state index in [2.05, 4.69) is 20.7 Å². The molecule has 0 aliphatic rings. The minimum Gasteiger partial charge on any atom is -0.404 e. The van der Waals surface area contributed by atoms with Gasteiger partial charge < -0.3 is 10.5 Å². The van der Waals surface area contributed by atoms with E-state index in [0.717, 1.165) is 12.1 Å². The zero-order valence-electron chi connectivity index (χ0n) is 6.53. The van der Waals surface area contributed by atoms with Crippen molar-refractivity contribution in [2.24, 2.45) is 0 Å². The Morgan fingerprint density at radius 2 is 1.86 bits per heavy atom. The van der Waals surface area contributed by atoms with Crippen molar-refractivity contribution in [1.29, 1.82) is 0 Å². The van der Waals surface area contributed by atoms with Gasteiger partial charge in [-0.3, -0.25) is 0 Å². The quantitative estimate of drug-likeness (QED) is 0.631. The molecule has 0 atom stereocenters. The fourth-order valence-electron chi connectivity index (χ4n) is 0.750. The van der Waals surface area contributed by atoms with Gasteiger partial charge in [0.15, 0.2) is 5.82 Å². The molecule has 78 valence electrons. The van der Waals surface area contributed by atoms with Gasteiger partial charge in [0.05, 0.1) is 10.2 Å². The standard InChI is InChI=1S/C7H4BrF4NO/c8-5-4(14-7(10,11)12)2-1-3(13)6(5)9/h1-2H,13H2. The molecule has 0 spiro atoms. The van der Waals surface area contributed by atoms with Gasteiger partial charge in [-0.25, -0.2) is 4.39 Å².